The van der Waals surface area contributed by atoms with Crippen molar-refractivity contribution in [1.82, 2.24) is 0 Å². The summed E-state index contributed by atoms with van der Waals surface area (Å²) in [4.78, 5) is 12.0. The highest BCUT2D eigenvalue weighted by Gasteiger charge is 2.28. The average molecular weight is 283 g/mol. The van der Waals surface area contributed by atoms with Crippen LogP contribution < -0.4 is 5.73 Å². The monoisotopic (exact) mass is 283 g/mol. The van der Waals surface area contributed by atoms with Crippen LogP contribution in [0.2, 0.25) is 0 Å². The number of ether oxygens (including phenoxy) is 1. The number of hydrogen-bond acceptors (Lipinski definition) is 3. The van der Waals surface area contributed by atoms with Crippen LogP contribution >= 0.6 is 0 Å². The van der Waals surface area contributed by atoms with E-state index >= 15 is 0 Å². The predicted octanol–water partition coefficient (Wildman–Crippen LogP) is 3.53. The standard InChI is InChI=1S/C15H19F2NO2/c1-8-3-9(2)5-10(4-8)20-15(19)11-6-14(18)13(17)7-12(11)16/h6-10H,3-5,18H2,1-2H3. The van der Waals surface area contributed by atoms with E-state index in [4.69, 9.17) is 10.5 Å². The molecular weight excluding hydrogens is 264 g/mol. The Labute approximate surface area is 117 Å². The highest BCUT2D eigenvalue weighted by Crippen LogP contribution is 2.31. The zero-order valence-corrected chi connectivity index (χ0v) is 11.7. The number of esters is 1. The van der Waals surface area contributed by atoms with Crippen LogP contribution in [-0.4, -0.2) is 12.1 Å². The molecule has 0 heterocycles. The van der Waals surface area contributed by atoms with Crippen LogP contribution in [0.4, 0.5) is 14.5 Å². The lowest BCUT2D eigenvalue weighted by molar-refractivity contribution is 0.00761. The van der Waals surface area contributed by atoms with Crippen LogP contribution in [-0.2, 0) is 4.74 Å². The maximum absolute atomic E-state index is 13.6. The van der Waals surface area contributed by atoms with Crippen molar-refractivity contribution in [3.8, 4) is 0 Å². The summed E-state index contributed by atoms with van der Waals surface area (Å²) < 4.78 is 32.0. The molecular formula is C15H19F2NO2. The predicted molar refractivity (Wildman–Crippen MR) is 72.2 cm³/mol. The molecule has 2 atom stereocenters. The normalized spacial score (nSPS) is 26.3. The van der Waals surface area contributed by atoms with E-state index < -0.39 is 17.6 Å². The van der Waals surface area contributed by atoms with Gasteiger partial charge < -0.3 is 10.5 Å². The fourth-order valence-corrected chi connectivity index (χ4v) is 2.91. The van der Waals surface area contributed by atoms with Crippen LogP contribution in [0.25, 0.3) is 0 Å². The van der Waals surface area contributed by atoms with E-state index in [1.54, 1.807) is 0 Å². The first kappa shape index (κ1) is 14.8. The third-order valence-electron chi connectivity index (χ3n) is 3.72. The largest absolute Gasteiger partial charge is 0.459 e. The van der Waals surface area contributed by atoms with Gasteiger partial charge in [0.15, 0.2) is 0 Å². The van der Waals surface area contributed by atoms with Crippen LogP contribution in [0.3, 0.4) is 0 Å². The van der Waals surface area contributed by atoms with Crippen LogP contribution in [0, 0.1) is 23.5 Å². The highest BCUT2D eigenvalue weighted by molar-refractivity contribution is 5.90. The molecule has 0 bridgehead atoms. The van der Waals surface area contributed by atoms with E-state index in [-0.39, 0.29) is 17.4 Å². The Balaban J connectivity index is 2.10. The smallest absolute Gasteiger partial charge is 0.341 e. The Bertz CT molecular complexity index is 509. The molecule has 2 rings (SSSR count). The van der Waals surface area contributed by atoms with Crippen molar-refractivity contribution in [2.45, 2.75) is 39.2 Å². The number of halogens is 2. The molecule has 0 aromatic heterocycles. The fourth-order valence-electron chi connectivity index (χ4n) is 2.91. The first-order chi connectivity index (χ1) is 9.36. The van der Waals surface area contributed by atoms with Crippen molar-refractivity contribution in [2.75, 3.05) is 5.73 Å². The van der Waals surface area contributed by atoms with E-state index in [1.165, 1.54) is 0 Å². The Morgan fingerprint density at radius 3 is 2.35 bits per heavy atom. The zero-order valence-electron chi connectivity index (χ0n) is 11.7. The summed E-state index contributed by atoms with van der Waals surface area (Å²) in [6.45, 7) is 4.21. The molecule has 0 radical (unpaired) electrons. The van der Waals surface area contributed by atoms with E-state index in [9.17, 15) is 13.6 Å². The molecule has 1 aromatic carbocycles. The second-order valence-electron chi connectivity index (χ2n) is 5.80. The third kappa shape index (κ3) is 3.26. The van der Waals surface area contributed by atoms with Crippen LogP contribution in [0.15, 0.2) is 12.1 Å². The zero-order chi connectivity index (χ0) is 14.9. The minimum absolute atomic E-state index is 0.216. The van der Waals surface area contributed by atoms with Crippen molar-refractivity contribution in [3.05, 3.63) is 29.3 Å². The van der Waals surface area contributed by atoms with Gasteiger partial charge in [-0.25, -0.2) is 13.6 Å². The van der Waals surface area contributed by atoms with Gasteiger partial charge in [-0.15, -0.1) is 0 Å². The molecule has 0 amide bonds. The molecule has 1 saturated carbocycles. The van der Waals surface area contributed by atoms with E-state index in [1.807, 2.05) is 0 Å². The Hall–Kier alpha value is -1.65. The number of hydrogen-bond donors (Lipinski definition) is 1. The van der Waals surface area contributed by atoms with Crippen molar-refractivity contribution in [1.29, 1.82) is 0 Å². The van der Waals surface area contributed by atoms with Gasteiger partial charge in [-0.3, -0.25) is 0 Å². The van der Waals surface area contributed by atoms with Gasteiger partial charge in [0, 0.05) is 6.07 Å². The van der Waals surface area contributed by atoms with Gasteiger partial charge in [0.1, 0.15) is 17.7 Å². The lowest BCUT2D eigenvalue weighted by Crippen LogP contribution is -2.28. The SMILES string of the molecule is CC1CC(C)CC(OC(=O)c2cc(N)c(F)cc2F)C1. The third-order valence-corrected chi connectivity index (χ3v) is 3.72. The lowest BCUT2D eigenvalue weighted by Gasteiger charge is -2.31. The number of nitrogens with two attached hydrogens (primary N) is 1. The number of benzene rings is 1. The summed E-state index contributed by atoms with van der Waals surface area (Å²) in [6, 6.07) is 1.60. The summed E-state index contributed by atoms with van der Waals surface area (Å²) in [7, 11) is 0. The molecule has 0 saturated heterocycles. The molecule has 1 aliphatic rings. The number of carbonyl (C=O) groups excluding carboxylic acids is 1. The molecule has 20 heavy (non-hydrogen) atoms. The Morgan fingerprint density at radius 2 is 1.75 bits per heavy atom. The number of nitrogen functional groups attached to an aromatic ring is 1. The molecule has 1 aliphatic carbocycles. The van der Waals surface area contributed by atoms with E-state index in [0.29, 0.717) is 17.9 Å². The molecule has 0 spiro atoms. The van der Waals surface area contributed by atoms with Gasteiger partial charge in [-0.1, -0.05) is 13.8 Å². The highest BCUT2D eigenvalue weighted by atomic mass is 19.1. The minimum Gasteiger partial charge on any atom is -0.459 e. The summed E-state index contributed by atoms with van der Waals surface area (Å²) in [6.07, 6.45) is 2.43. The molecule has 2 N–H and O–H groups in total. The number of carbonyl (C=O) groups is 1. The van der Waals surface area contributed by atoms with E-state index in [0.717, 1.165) is 25.3 Å². The van der Waals surface area contributed by atoms with Gasteiger partial charge >= 0.3 is 5.97 Å². The molecule has 0 aliphatic heterocycles. The molecule has 2 unspecified atom stereocenters. The molecule has 5 heteroatoms. The Kier molecular flexibility index (Phi) is 4.26. The second kappa shape index (κ2) is 5.77. The minimum atomic E-state index is -0.946. The average Bonchev–Trinajstić information content (AvgIpc) is 2.32. The molecule has 1 aromatic rings. The number of rotatable bonds is 2. The first-order valence-electron chi connectivity index (χ1n) is 6.82. The fraction of sp³-hybridized carbons (Fsp3) is 0.533. The van der Waals surface area contributed by atoms with Crippen molar-refractivity contribution >= 4 is 11.7 Å². The number of anilines is 1. The van der Waals surface area contributed by atoms with Gasteiger partial charge in [0.2, 0.25) is 0 Å². The summed E-state index contributed by atoms with van der Waals surface area (Å²) in [5, 5.41) is 0. The quantitative estimate of drug-likeness (QED) is 0.667. The van der Waals surface area contributed by atoms with Crippen LogP contribution in [0.5, 0.6) is 0 Å². The molecule has 110 valence electrons. The first-order valence-corrected chi connectivity index (χ1v) is 6.82. The Morgan fingerprint density at radius 1 is 1.15 bits per heavy atom. The topological polar surface area (TPSA) is 52.3 Å². The van der Waals surface area contributed by atoms with Gasteiger partial charge in [-0.05, 0) is 37.2 Å². The summed E-state index contributed by atoms with van der Waals surface area (Å²) >= 11 is 0. The van der Waals surface area contributed by atoms with Gasteiger partial charge in [0.05, 0.1) is 11.3 Å². The maximum Gasteiger partial charge on any atom is 0.341 e. The summed E-state index contributed by atoms with van der Waals surface area (Å²) in [5.74, 6) is -1.66. The molecule has 3 nitrogen and oxygen atoms in total. The van der Waals surface area contributed by atoms with Crippen molar-refractivity contribution in [2.24, 2.45) is 11.8 Å². The van der Waals surface area contributed by atoms with E-state index in [2.05, 4.69) is 13.8 Å². The summed E-state index contributed by atoms with van der Waals surface area (Å²) in [5.41, 5.74) is 4.78. The van der Waals surface area contributed by atoms with Crippen molar-refractivity contribution in [3.63, 3.8) is 0 Å². The van der Waals surface area contributed by atoms with Gasteiger partial charge in [-0.2, -0.15) is 0 Å². The van der Waals surface area contributed by atoms with Crippen LogP contribution in [0.1, 0.15) is 43.5 Å². The molecule has 1 fully saturated rings. The van der Waals surface area contributed by atoms with Gasteiger partial charge in [0.25, 0.3) is 0 Å². The maximum atomic E-state index is 13.6. The second-order valence-corrected chi connectivity index (χ2v) is 5.80. The lowest BCUT2D eigenvalue weighted by atomic mass is 9.82. The van der Waals surface area contributed by atoms with Crippen molar-refractivity contribution < 1.29 is 18.3 Å².